The number of nitrogens with zero attached hydrogens (tertiary/aromatic N) is 2. The van der Waals surface area contributed by atoms with Crippen LogP contribution in [0, 0.1) is 5.41 Å². The van der Waals surface area contributed by atoms with Gasteiger partial charge in [-0.25, -0.2) is 4.79 Å². The lowest BCUT2D eigenvalue weighted by Gasteiger charge is -2.52. The van der Waals surface area contributed by atoms with Crippen LogP contribution in [0.3, 0.4) is 0 Å². The Bertz CT molecular complexity index is 1140. The number of piperidine rings is 1. The molecule has 0 radical (unpaired) electrons. The van der Waals surface area contributed by atoms with Crippen LogP contribution in [0.25, 0.3) is 0 Å². The van der Waals surface area contributed by atoms with E-state index < -0.39 is 23.5 Å². The Hall–Kier alpha value is -2.77. The lowest BCUT2D eigenvalue weighted by Crippen LogP contribution is -2.58. The van der Waals surface area contributed by atoms with Crippen molar-refractivity contribution < 1.29 is 24.2 Å². The predicted molar refractivity (Wildman–Crippen MR) is 137 cm³/mol. The number of ether oxygens (including phenoxy) is 1. The van der Waals surface area contributed by atoms with Crippen molar-refractivity contribution >= 4 is 41.2 Å². The summed E-state index contributed by atoms with van der Waals surface area (Å²) in [6, 6.07) is 14.1. The molecule has 7 nitrogen and oxygen atoms in total. The highest BCUT2D eigenvalue weighted by atomic mass is 35.5. The van der Waals surface area contributed by atoms with Gasteiger partial charge in [0.05, 0.1) is 24.4 Å². The van der Waals surface area contributed by atoms with E-state index in [1.54, 1.807) is 30.0 Å². The normalized spacial score (nSPS) is 25.1. The molecule has 2 heterocycles. The van der Waals surface area contributed by atoms with E-state index in [9.17, 15) is 19.5 Å². The summed E-state index contributed by atoms with van der Waals surface area (Å²) < 4.78 is 5.12. The molecule has 4 rings (SSSR count). The minimum absolute atomic E-state index is 0.230. The number of halogens is 2. The van der Waals surface area contributed by atoms with Crippen LogP contribution < -0.4 is 0 Å². The van der Waals surface area contributed by atoms with E-state index >= 15 is 0 Å². The van der Waals surface area contributed by atoms with Gasteiger partial charge in [0.25, 0.3) is 0 Å². The molecule has 0 unspecified atom stereocenters. The summed E-state index contributed by atoms with van der Waals surface area (Å²) in [5, 5.41) is 10.9. The van der Waals surface area contributed by atoms with Crippen molar-refractivity contribution in [3.63, 3.8) is 0 Å². The molecule has 9 heteroatoms. The van der Waals surface area contributed by atoms with E-state index in [1.165, 1.54) is 0 Å². The number of carboxylic acid groups (broad SMARTS) is 1. The van der Waals surface area contributed by atoms with E-state index in [0.29, 0.717) is 42.6 Å². The molecule has 36 heavy (non-hydrogen) atoms. The van der Waals surface area contributed by atoms with Gasteiger partial charge in [0.1, 0.15) is 6.61 Å². The first-order valence-corrected chi connectivity index (χ1v) is 12.9. The van der Waals surface area contributed by atoms with Crippen molar-refractivity contribution in [1.29, 1.82) is 0 Å². The molecule has 2 aliphatic heterocycles. The van der Waals surface area contributed by atoms with Gasteiger partial charge in [0.15, 0.2) is 0 Å². The Morgan fingerprint density at radius 2 is 1.86 bits per heavy atom. The molecule has 2 aromatic rings. The number of cyclic esters (lactones) is 1. The number of hydrogen-bond acceptors (Lipinski definition) is 4. The van der Waals surface area contributed by atoms with Crippen molar-refractivity contribution in [2.45, 2.75) is 51.1 Å². The molecule has 192 valence electrons. The molecule has 0 aromatic heterocycles. The summed E-state index contributed by atoms with van der Waals surface area (Å²) in [6.07, 6.45) is 0.213. The number of aliphatic carboxylic acids is 1. The van der Waals surface area contributed by atoms with Crippen LogP contribution in [0.2, 0.25) is 10.0 Å². The average molecular weight is 533 g/mol. The molecule has 2 amide bonds. The number of likely N-dealkylation sites (tertiary alicyclic amines) is 1. The fourth-order valence-corrected chi connectivity index (χ4v) is 5.87. The first kappa shape index (κ1) is 26.3. The van der Waals surface area contributed by atoms with E-state index in [-0.39, 0.29) is 24.3 Å². The second kappa shape index (κ2) is 10.7. The smallest absolute Gasteiger partial charge is 0.410 e. The SMILES string of the molecule is CC[C@@H](CN1CCOC1=O)N1C(=O)[C@](C)(CC(=O)O)C[C@H](c2cccc(Cl)c2)[C@H]1c1ccc(Cl)cc1. The van der Waals surface area contributed by atoms with Crippen molar-refractivity contribution in [2.75, 3.05) is 19.7 Å². The molecule has 0 spiro atoms. The summed E-state index contributed by atoms with van der Waals surface area (Å²) in [5.74, 6) is -1.49. The summed E-state index contributed by atoms with van der Waals surface area (Å²) >= 11 is 12.6. The fraction of sp³-hybridized carbons (Fsp3) is 0.444. The van der Waals surface area contributed by atoms with Crippen LogP contribution in [-0.2, 0) is 14.3 Å². The van der Waals surface area contributed by atoms with E-state index in [4.69, 9.17) is 27.9 Å². The minimum atomic E-state index is -1.14. The molecule has 2 fully saturated rings. The van der Waals surface area contributed by atoms with Crippen molar-refractivity contribution in [1.82, 2.24) is 9.80 Å². The molecule has 0 bridgehead atoms. The van der Waals surface area contributed by atoms with Crippen LogP contribution in [0.15, 0.2) is 48.5 Å². The molecular weight excluding hydrogens is 503 g/mol. The Morgan fingerprint density at radius 1 is 1.14 bits per heavy atom. The molecular formula is C27H30Cl2N2O5. The zero-order valence-electron chi connectivity index (χ0n) is 20.3. The molecule has 2 aliphatic rings. The first-order chi connectivity index (χ1) is 17.1. The third-order valence-corrected chi connectivity index (χ3v) is 7.76. The maximum absolute atomic E-state index is 14.2. The molecule has 0 saturated carbocycles. The molecule has 0 aliphatic carbocycles. The van der Waals surface area contributed by atoms with E-state index in [2.05, 4.69) is 0 Å². The zero-order valence-corrected chi connectivity index (χ0v) is 21.8. The Morgan fingerprint density at radius 3 is 2.44 bits per heavy atom. The van der Waals surface area contributed by atoms with Gasteiger partial charge in [-0.05, 0) is 48.2 Å². The number of rotatable bonds is 8. The number of amides is 2. The van der Waals surface area contributed by atoms with Gasteiger partial charge in [-0.2, -0.15) is 0 Å². The molecule has 2 saturated heterocycles. The van der Waals surface area contributed by atoms with Gasteiger partial charge in [0.2, 0.25) is 5.91 Å². The molecule has 4 atom stereocenters. The number of carbonyl (C=O) groups is 3. The Balaban J connectivity index is 1.87. The van der Waals surface area contributed by atoms with Crippen molar-refractivity contribution in [2.24, 2.45) is 5.41 Å². The van der Waals surface area contributed by atoms with Gasteiger partial charge in [-0.15, -0.1) is 0 Å². The monoisotopic (exact) mass is 532 g/mol. The van der Waals surface area contributed by atoms with Gasteiger partial charge in [-0.3, -0.25) is 9.59 Å². The lowest BCUT2D eigenvalue weighted by molar-refractivity contribution is -0.161. The standard InChI is InChI=1S/C27H30Cl2N2O5/c1-3-21(16-30-11-12-36-26(30)35)31-24(17-7-9-19(28)10-8-17)22(18-5-4-6-20(29)13-18)14-27(2,25(31)34)15-23(32)33/h4-10,13,21-22,24H,3,11-12,14-16H2,1-2H3,(H,32,33)/t21-,22+,24+,27-/m0/s1. The highest BCUT2D eigenvalue weighted by Crippen LogP contribution is 2.52. The number of carbonyl (C=O) groups excluding carboxylic acids is 2. The van der Waals surface area contributed by atoms with Gasteiger partial charge in [-0.1, -0.05) is 61.3 Å². The van der Waals surface area contributed by atoms with Crippen LogP contribution in [0.1, 0.15) is 56.2 Å². The maximum Gasteiger partial charge on any atom is 0.410 e. The molecule has 1 N–H and O–H groups in total. The second-order valence-electron chi connectivity index (χ2n) is 9.83. The lowest BCUT2D eigenvalue weighted by atomic mass is 9.67. The molecule has 2 aromatic carbocycles. The zero-order chi connectivity index (χ0) is 26.0. The van der Waals surface area contributed by atoms with Gasteiger partial charge < -0.3 is 19.6 Å². The quantitative estimate of drug-likeness (QED) is 0.466. The van der Waals surface area contributed by atoms with Crippen molar-refractivity contribution in [3.05, 3.63) is 69.7 Å². The van der Waals surface area contributed by atoms with E-state index in [0.717, 1.165) is 11.1 Å². The number of benzene rings is 2. The Labute approximate surface area is 220 Å². The predicted octanol–water partition coefficient (Wildman–Crippen LogP) is 5.76. The first-order valence-electron chi connectivity index (χ1n) is 12.1. The van der Waals surface area contributed by atoms with Crippen LogP contribution in [-0.4, -0.2) is 58.6 Å². The number of carboxylic acids is 1. The van der Waals surface area contributed by atoms with Crippen LogP contribution >= 0.6 is 23.2 Å². The minimum Gasteiger partial charge on any atom is -0.481 e. The Kier molecular flexibility index (Phi) is 7.81. The van der Waals surface area contributed by atoms with Crippen LogP contribution in [0.5, 0.6) is 0 Å². The third kappa shape index (κ3) is 5.32. The largest absolute Gasteiger partial charge is 0.481 e. The number of hydrogen-bond donors (Lipinski definition) is 1. The summed E-state index contributed by atoms with van der Waals surface area (Å²) in [5.41, 5.74) is 0.672. The highest BCUT2D eigenvalue weighted by Gasteiger charge is 2.52. The highest BCUT2D eigenvalue weighted by molar-refractivity contribution is 6.30. The van der Waals surface area contributed by atoms with Gasteiger partial charge in [0, 0.05) is 28.5 Å². The third-order valence-electron chi connectivity index (χ3n) is 7.27. The fourth-order valence-electron chi connectivity index (χ4n) is 5.54. The van der Waals surface area contributed by atoms with Crippen molar-refractivity contribution in [3.8, 4) is 0 Å². The average Bonchev–Trinajstić information content (AvgIpc) is 3.23. The summed E-state index contributed by atoms with van der Waals surface area (Å²) in [4.78, 5) is 41.8. The van der Waals surface area contributed by atoms with Crippen LogP contribution in [0.4, 0.5) is 4.79 Å². The second-order valence-corrected chi connectivity index (χ2v) is 10.7. The summed E-state index contributed by atoms with van der Waals surface area (Å²) in [6.45, 7) is 4.76. The summed E-state index contributed by atoms with van der Waals surface area (Å²) in [7, 11) is 0. The van der Waals surface area contributed by atoms with E-state index in [1.807, 2.05) is 42.2 Å². The topological polar surface area (TPSA) is 87.2 Å². The maximum atomic E-state index is 14.2. The van der Waals surface area contributed by atoms with Gasteiger partial charge >= 0.3 is 12.1 Å².